The van der Waals surface area contributed by atoms with E-state index >= 15 is 0 Å². The van der Waals surface area contributed by atoms with Gasteiger partial charge in [-0.2, -0.15) is 0 Å². The molecule has 290 valence electrons. The van der Waals surface area contributed by atoms with Gasteiger partial charge in [0, 0.05) is 17.3 Å². The predicted molar refractivity (Wildman–Crippen MR) is 178 cm³/mol. The monoisotopic (exact) mass is 818 g/mol. The van der Waals surface area contributed by atoms with Crippen LogP contribution in [0.3, 0.4) is 0 Å². The molecule has 4 rings (SSSR count). The summed E-state index contributed by atoms with van der Waals surface area (Å²) in [6, 6.07) is -1.12. The molecule has 2 aliphatic heterocycles. The van der Waals surface area contributed by atoms with Gasteiger partial charge in [0.15, 0.2) is 35.1 Å². The molecule has 2 aromatic rings. The lowest BCUT2D eigenvalue weighted by atomic mass is 10.0. The highest BCUT2D eigenvalue weighted by molar-refractivity contribution is 7.98. The summed E-state index contributed by atoms with van der Waals surface area (Å²) in [6.07, 6.45) is -1.86. The number of phenols is 2. The van der Waals surface area contributed by atoms with Crippen molar-refractivity contribution in [2.24, 2.45) is 5.16 Å². The van der Waals surface area contributed by atoms with Crippen molar-refractivity contribution in [1.29, 1.82) is 0 Å². The number of nitrogens with zero attached hydrogens (tertiary/aromatic N) is 5. The second-order valence-corrected chi connectivity index (χ2v) is 13.6. The number of ether oxygens (including phenoxy) is 1. The van der Waals surface area contributed by atoms with Crippen LogP contribution >= 0.6 is 34.9 Å². The summed E-state index contributed by atoms with van der Waals surface area (Å²) < 4.78 is 5.17. The molecule has 7 amide bonds. The van der Waals surface area contributed by atoms with Gasteiger partial charge in [0.05, 0.1) is 23.7 Å². The van der Waals surface area contributed by atoms with E-state index in [1.54, 1.807) is 5.43 Å². The Kier molecular flexibility index (Phi) is 11.8. The van der Waals surface area contributed by atoms with Crippen molar-refractivity contribution >= 4 is 93.4 Å². The molecule has 3 heterocycles. The van der Waals surface area contributed by atoms with E-state index in [0.29, 0.717) is 9.91 Å². The van der Waals surface area contributed by atoms with Crippen LogP contribution in [0.25, 0.3) is 0 Å². The van der Waals surface area contributed by atoms with E-state index in [1.807, 2.05) is 10.9 Å². The first-order valence-electron chi connectivity index (χ1n) is 14.5. The molecule has 25 nitrogen and oxygen atoms in total. The normalized spacial score (nSPS) is 18.4. The van der Waals surface area contributed by atoms with Crippen LogP contribution in [0.1, 0.15) is 29.9 Å². The van der Waals surface area contributed by atoms with E-state index in [2.05, 4.69) is 20.2 Å². The van der Waals surface area contributed by atoms with Crippen LogP contribution in [0.5, 0.6) is 11.5 Å². The number of nitrogen functional groups attached to an aromatic ring is 1. The number of aromatic hydroxyl groups is 2. The van der Waals surface area contributed by atoms with E-state index < -0.39 is 98.9 Å². The maximum absolute atomic E-state index is 13.4. The predicted octanol–water partition coefficient (Wildman–Crippen LogP) is -2.12. The highest BCUT2D eigenvalue weighted by Gasteiger charge is 2.64. The SMILES string of the molecule is CC(C)(O/N=C(\C(=O)NC1C(=O)N(COC(=O)O)C1(O)SN1CCN(NC(=O)C(=O)NNC(=O)c2ccc(O)c(O)c2Cl)C1=O)c1csc(N)n1)C(=O)O. The van der Waals surface area contributed by atoms with Crippen molar-refractivity contribution in [2.75, 3.05) is 25.6 Å². The molecule has 0 saturated carbocycles. The molecule has 28 heteroatoms. The number of amides is 7. The lowest BCUT2D eigenvalue weighted by Gasteiger charge is -2.52. The van der Waals surface area contributed by atoms with Crippen LogP contribution < -0.4 is 27.3 Å². The van der Waals surface area contributed by atoms with Crippen molar-refractivity contribution in [3.05, 3.63) is 33.8 Å². The molecule has 0 spiro atoms. The number of rotatable bonds is 12. The van der Waals surface area contributed by atoms with E-state index in [0.717, 1.165) is 41.6 Å². The molecule has 2 atom stereocenters. The van der Waals surface area contributed by atoms with E-state index in [1.165, 1.54) is 5.38 Å². The Hall–Kier alpha value is -6.32. The van der Waals surface area contributed by atoms with Gasteiger partial charge < -0.3 is 46.2 Å². The van der Waals surface area contributed by atoms with Crippen LogP contribution in [0.15, 0.2) is 22.7 Å². The van der Waals surface area contributed by atoms with Gasteiger partial charge in [-0.15, -0.1) is 11.3 Å². The average Bonchev–Trinajstić information content (AvgIpc) is 3.68. The molecular weight excluding hydrogens is 792 g/mol. The maximum atomic E-state index is 13.4. The van der Waals surface area contributed by atoms with Gasteiger partial charge >= 0.3 is 30.0 Å². The number of β-lactam (4-membered cyclic amide) rings is 1. The summed E-state index contributed by atoms with van der Waals surface area (Å²) in [7, 11) is 0. The number of aliphatic hydroxyl groups is 1. The number of carboxylic acid groups (broad SMARTS) is 2. The number of urea groups is 1. The highest BCUT2D eigenvalue weighted by atomic mass is 35.5. The van der Waals surface area contributed by atoms with Crippen LogP contribution in [0.4, 0.5) is 14.7 Å². The maximum Gasteiger partial charge on any atom is 0.507 e. The Morgan fingerprint density at radius 2 is 1.80 bits per heavy atom. The average molecular weight is 819 g/mol. The first kappa shape index (κ1) is 40.5. The first-order valence-corrected chi connectivity index (χ1v) is 16.5. The Morgan fingerprint density at radius 3 is 2.41 bits per heavy atom. The number of carboxylic acids is 1. The third kappa shape index (κ3) is 8.48. The quantitative estimate of drug-likeness (QED) is 0.0160. The largest absolute Gasteiger partial charge is 0.507 e. The minimum absolute atomic E-state index is 0.0432. The molecule has 0 aliphatic carbocycles. The fourth-order valence-corrected chi connectivity index (χ4v) is 6.08. The van der Waals surface area contributed by atoms with Gasteiger partial charge in [0.1, 0.15) is 5.69 Å². The number of aliphatic carboxylic acids is 1. The Labute approximate surface area is 313 Å². The first-order chi connectivity index (χ1) is 25.2. The summed E-state index contributed by atoms with van der Waals surface area (Å²) in [5.41, 5.74) is 7.91. The number of hydrogen-bond donors (Lipinski definition) is 10. The number of likely N-dealkylation sites (tertiary alicyclic amines) is 1. The number of hydrazine groups is 2. The van der Waals surface area contributed by atoms with E-state index in [9.17, 15) is 58.8 Å². The van der Waals surface area contributed by atoms with Gasteiger partial charge in [-0.05, 0) is 26.0 Å². The van der Waals surface area contributed by atoms with Crippen LogP contribution in [-0.4, -0.2) is 135 Å². The van der Waals surface area contributed by atoms with Gasteiger partial charge in [0.2, 0.25) is 10.7 Å². The van der Waals surface area contributed by atoms with Crippen LogP contribution in [0, 0.1) is 0 Å². The summed E-state index contributed by atoms with van der Waals surface area (Å²) in [4.78, 5) is 109. The number of anilines is 1. The van der Waals surface area contributed by atoms with Crippen LogP contribution in [0.2, 0.25) is 5.02 Å². The van der Waals surface area contributed by atoms with Crippen molar-refractivity contribution < 1.29 is 73.5 Å². The minimum atomic E-state index is -2.67. The summed E-state index contributed by atoms with van der Waals surface area (Å²) in [5, 5.41) is 53.4. The van der Waals surface area contributed by atoms with Gasteiger partial charge in [-0.25, -0.2) is 24.4 Å². The Morgan fingerprint density at radius 1 is 1.11 bits per heavy atom. The highest BCUT2D eigenvalue weighted by Crippen LogP contribution is 2.43. The second kappa shape index (κ2) is 15.7. The number of hydrogen-bond acceptors (Lipinski definition) is 18. The zero-order valence-electron chi connectivity index (χ0n) is 27.3. The molecular formula is C26H27ClN10O15S2. The molecule has 2 fully saturated rings. The second-order valence-electron chi connectivity index (χ2n) is 11.1. The number of nitrogens with one attached hydrogen (secondary N) is 4. The zero-order valence-corrected chi connectivity index (χ0v) is 29.6. The molecule has 2 unspecified atom stereocenters. The standard InChI is InChI=1S/C26H27ClN10O15S2/c1-25(2,21(45)46)52-34-13(10-7-53-22(28)29-10)17(41)30-15-20(44)35(8-51-24(48)49)26(15,50)54-37-6-5-36(23(37)47)33-19(43)18(42)32-31-16(40)9-3-4-11(38)14(39)12(9)27/h3-4,7,15,38-39,50H,5-6,8H2,1-2H3,(H2,28,29)(H,30,41)(H,31,40)(H,32,42)(H,33,43)(H,45,46)(H,48,49)/b34-13-. The fraction of sp³-hybridized carbons (Fsp3) is 0.308. The topological polar surface area (TPSA) is 365 Å². The van der Waals surface area contributed by atoms with Crippen molar-refractivity contribution in [1.82, 2.24) is 40.8 Å². The van der Waals surface area contributed by atoms with Crippen molar-refractivity contribution in [3.63, 3.8) is 0 Å². The number of oxime groups is 1. The number of benzene rings is 1. The minimum Gasteiger partial charge on any atom is -0.504 e. The Bertz CT molecular complexity index is 1960. The number of phenolic OH excluding ortho intramolecular Hbond substituents is 2. The van der Waals surface area contributed by atoms with Gasteiger partial charge in [0.25, 0.3) is 17.7 Å². The number of carbonyl (C=O) groups is 8. The number of carbonyl (C=O) groups excluding carboxylic acids is 6. The number of halogens is 1. The van der Waals surface area contributed by atoms with Gasteiger partial charge in [-0.3, -0.25) is 49.5 Å². The number of aromatic nitrogens is 1. The lowest BCUT2D eigenvalue weighted by Crippen LogP contribution is -2.79. The summed E-state index contributed by atoms with van der Waals surface area (Å²) in [6.45, 7) is 0.471. The molecule has 1 aromatic carbocycles. The smallest absolute Gasteiger partial charge is 0.504 e. The molecule has 2 saturated heterocycles. The third-order valence-electron chi connectivity index (χ3n) is 7.02. The lowest BCUT2D eigenvalue weighted by molar-refractivity contribution is -0.195. The van der Waals surface area contributed by atoms with Gasteiger partial charge in [-0.1, -0.05) is 16.8 Å². The van der Waals surface area contributed by atoms with E-state index in [-0.39, 0.29) is 35.9 Å². The number of thiazole rings is 1. The Balaban J connectivity index is 1.46. The van der Waals surface area contributed by atoms with Crippen LogP contribution in [-0.2, 0) is 33.5 Å². The van der Waals surface area contributed by atoms with Crippen molar-refractivity contribution in [3.8, 4) is 11.5 Å². The molecule has 0 bridgehead atoms. The summed E-state index contributed by atoms with van der Waals surface area (Å²) in [5.74, 6) is -9.41. The van der Waals surface area contributed by atoms with Crippen molar-refractivity contribution in [2.45, 2.75) is 30.5 Å². The summed E-state index contributed by atoms with van der Waals surface area (Å²) >= 11 is 6.83. The molecule has 0 radical (unpaired) electrons. The molecule has 2 aliphatic rings. The molecule has 54 heavy (non-hydrogen) atoms. The zero-order chi connectivity index (χ0) is 40.3. The van der Waals surface area contributed by atoms with E-state index in [4.69, 9.17) is 27.3 Å². The molecule has 1 aromatic heterocycles. The number of nitrogens with two attached hydrogens (primary N) is 1. The fourth-order valence-electron chi connectivity index (χ4n) is 4.11. The molecule has 11 N–H and O–H groups in total. The third-order valence-corrected chi connectivity index (χ3v) is 9.36.